The van der Waals surface area contributed by atoms with E-state index in [2.05, 4.69) is 57.4 Å². The molecular formula is C28H33N7O2S. The van der Waals surface area contributed by atoms with Crippen LogP contribution in [0.5, 0.6) is 0 Å². The number of piperidine rings is 2. The lowest BCUT2D eigenvalue weighted by atomic mass is 9.89. The van der Waals surface area contributed by atoms with Crippen LogP contribution in [0.4, 0.5) is 5.69 Å². The second-order valence-corrected chi connectivity index (χ2v) is 11.7. The van der Waals surface area contributed by atoms with E-state index in [0.717, 1.165) is 61.8 Å². The molecular weight excluding hydrogens is 498 g/mol. The van der Waals surface area contributed by atoms with Crippen molar-refractivity contribution in [1.82, 2.24) is 30.0 Å². The van der Waals surface area contributed by atoms with Crippen LogP contribution in [0.2, 0.25) is 0 Å². The Hall–Kier alpha value is -3.37. The number of H-pyrrole nitrogens is 1. The van der Waals surface area contributed by atoms with Gasteiger partial charge in [0.25, 0.3) is 0 Å². The van der Waals surface area contributed by atoms with Crippen LogP contribution in [-0.2, 0) is 9.59 Å². The zero-order valence-electron chi connectivity index (χ0n) is 21.8. The van der Waals surface area contributed by atoms with Crippen LogP contribution < -0.4 is 5.32 Å². The fourth-order valence-electron chi connectivity index (χ4n) is 5.83. The molecule has 0 unspecified atom stereocenters. The number of nitrogens with one attached hydrogen (secondary N) is 2. The minimum absolute atomic E-state index is 0.159. The number of aromatic amines is 1. The van der Waals surface area contributed by atoms with Crippen molar-refractivity contribution in [2.45, 2.75) is 51.5 Å². The number of aromatic nitrogens is 4. The number of amides is 2. The molecule has 0 radical (unpaired) electrons. The van der Waals surface area contributed by atoms with Crippen molar-refractivity contribution in [2.75, 3.05) is 31.5 Å². The standard InChI is InChI=1S/C28H33N7O2S/c1-3-34-10-8-18(9-11-34)27-32-21-12-19(5-7-24(21)38-27)23-6-4-17(2)16-35(23)28(37)26(36)31-22-15-29-13-20-14-30-33-25(20)22/h5,7,12-15,17-18,23H,3-4,6,8-11,16H2,1-2H3,(H,30,33)(H,31,36)/t17-,23+/m0/s1. The van der Waals surface area contributed by atoms with Gasteiger partial charge in [-0.15, -0.1) is 11.3 Å². The number of thiazole rings is 1. The van der Waals surface area contributed by atoms with E-state index in [9.17, 15) is 9.59 Å². The Kier molecular flexibility index (Phi) is 6.84. The second kappa shape index (κ2) is 10.4. The molecule has 10 heteroatoms. The molecule has 0 saturated carbocycles. The predicted molar refractivity (Wildman–Crippen MR) is 149 cm³/mol. The Morgan fingerprint density at radius 2 is 1.97 bits per heavy atom. The molecule has 1 aromatic carbocycles. The third kappa shape index (κ3) is 4.78. The third-order valence-electron chi connectivity index (χ3n) is 8.07. The molecule has 0 aliphatic carbocycles. The number of anilines is 1. The van der Waals surface area contributed by atoms with Gasteiger partial charge in [0.1, 0.15) is 0 Å². The summed E-state index contributed by atoms with van der Waals surface area (Å²) < 4.78 is 1.18. The van der Waals surface area contributed by atoms with Crippen molar-refractivity contribution in [2.24, 2.45) is 5.92 Å². The van der Waals surface area contributed by atoms with E-state index in [1.54, 1.807) is 28.6 Å². The molecule has 2 atom stereocenters. The number of fused-ring (bicyclic) bond motifs is 2. The summed E-state index contributed by atoms with van der Waals surface area (Å²) in [6.07, 6.45) is 8.95. The Labute approximate surface area is 225 Å². The average molecular weight is 532 g/mol. The molecule has 38 heavy (non-hydrogen) atoms. The van der Waals surface area contributed by atoms with E-state index >= 15 is 0 Å². The highest BCUT2D eigenvalue weighted by Crippen LogP contribution is 2.38. The fourth-order valence-corrected chi connectivity index (χ4v) is 6.95. The number of rotatable bonds is 4. The molecule has 2 aliphatic rings. The number of hydrogen-bond acceptors (Lipinski definition) is 7. The SMILES string of the molecule is CCN1CCC(c2nc3cc([C@H]4CC[C@H](C)CN4C(=O)C(=O)Nc4cncc5cn[nH]c45)ccc3s2)CC1. The van der Waals surface area contributed by atoms with Crippen LogP contribution >= 0.6 is 11.3 Å². The van der Waals surface area contributed by atoms with Crippen molar-refractivity contribution in [3.63, 3.8) is 0 Å². The lowest BCUT2D eigenvalue weighted by Gasteiger charge is -2.38. The minimum atomic E-state index is -0.663. The molecule has 6 rings (SSSR count). The van der Waals surface area contributed by atoms with Gasteiger partial charge in [0, 0.05) is 24.0 Å². The molecule has 9 nitrogen and oxygen atoms in total. The fraction of sp³-hybridized carbons (Fsp3) is 0.464. The van der Waals surface area contributed by atoms with Crippen LogP contribution in [0, 0.1) is 5.92 Å². The van der Waals surface area contributed by atoms with E-state index in [1.165, 1.54) is 15.9 Å². The summed E-state index contributed by atoms with van der Waals surface area (Å²) in [4.78, 5) is 40.0. The number of likely N-dealkylation sites (tertiary alicyclic amines) is 2. The van der Waals surface area contributed by atoms with Gasteiger partial charge < -0.3 is 15.1 Å². The lowest BCUT2D eigenvalue weighted by Crippen LogP contribution is -2.46. The lowest BCUT2D eigenvalue weighted by molar-refractivity contribution is -0.146. The summed E-state index contributed by atoms with van der Waals surface area (Å²) >= 11 is 1.79. The first kappa shape index (κ1) is 24.9. The highest BCUT2D eigenvalue weighted by atomic mass is 32.1. The topological polar surface area (TPSA) is 107 Å². The highest BCUT2D eigenvalue weighted by Gasteiger charge is 2.35. The van der Waals surface area contributed by atoms with Gasteiger partial charge in [0.05, 0.1) is 44.9 Å². The summed E-state index contributed by atoms with van der Waals surface area (Å²) in [5, 5.41) is 11.6. The first-order valence-electron chi connectivity index (χ1n) is 13.5. The second-order valence-electron chi connectivity index (χ2n) is 10.6. The van der Waals surface area contributed by atoms with Gasteiger partial charge in [-0.05, 0) is 68.9 Å². The largest absolute Gasteiger partial charge is 0.327 e. The number of benzene rings is 1. The van der Waals surface area contributed by atoms with Gasteiger partial charge in [-0.3, -0.25) is 19.7 Å². The summed E-state index contributed by atoms with van der Waals surface area (Å²) in [6, 6.07) is 6.22. The first-order valence-corrected chi connectivity index (χ1v) is 14.3. The van der Waals surface area contributed by atoms with Crippen LogP contribution in [-0.4, -0.2) is 68.0 Å². The van der Waals surface area contributed by atoms with Crippen molar-refractivity contribution in [3.8, 4) is 0 Å². The first-order chi connectivity index (χ1) is 18.5. The molecule has 2 fully saturated rings. The Balaban J connectivity index is 1.22. The average Bonchev–Trinajstić information content (AvgIpc) is 3.60. The van der Waals surface area contributed by atoms with Crippen LogP contribution in [0.15, 0.2) is 36.8 Å². The maximum absolute atomic E-state index is 13.5. The van der Waals surface area contributed by atoms with Gasteiger partial charge >= 0.3 is 11.8 Å². The van der Waals surface area contributed by atoms with E-state index in [1.807, 2.05) is 0 Å². The molecule has 3 aromatic heterocycles. The minimum Gasteiger partial charge on any atom is -0.327 e. The van der Waals surface area contributed by atoms with E-state index in [0.29, 0.717) is 29.6 Å². The Morgan fingerprint density at radius 3 is 2.79 bits per heavy atom. The summed E-state index contributed by atoms with van der Waals surface area (Å²) in [5.41, 5.74) is 3.13. The monoisotopic (exact) mass is 531 g/mol. The summed E-state index contributed by atoms with van der Waals surface area (Å²) in [6.45, 7) is 8.27. The van der Waals surface area contributed by atoms with Crippen molar-refractivity contribution in [3.05, 3.63) is 47.4 Å². The molecule has 198 valence electrons. The number of carbonyl (C=O) groups excluding carboxylic acids is 2. The van der Waals surface area contributed by atoms with Crippen LogP contribution in [0.25, 0.3) is 21.1 Å². The van der Waals surface area contributed by atoms with Crippen molar-refractivity contribution < 1.29 is 9.59 Å². The molecule has 5 heterocycles. The maximum atomic E-state index is 13.5. The van der Waals surface area contributed by atoms with Gasteiger partial charge in [0.15, 0.2) is 0 Å². The molecule has 2 amide bonds. The highest BCUT2D eigenvalue weighted by molar-refractivity contribution is 7.18. The van der Waals surface area contributed by atoms with Crippen LogP contribution in [0.3, 0.4) is 0 Å². The molecule has 2 N–H and O–H groups in total. The van der Waals surface area contributed by atoms with E-state index in [4.69, 9.17) is 4.98 Å². The van der Waals surface area contributed by atoms with Crippen molar-refractivity contribution >= 4 is 50.0 Å². The zero-order chi connectivity index (χ0) is 26.2. The molecule has 0 bridgehead atoms. The predicted octanol–water partition coefficient (Wildman–Crippen LogP) is 4.71. The number of hydrogen-bond donors (Lipinski definition) is 2. The third-order valence-corrected chi connectivity index (χ3v) is 9.27. The smallest absolute Gasteiger partial charge is 0.314 e. The quantitative estimate of drug-likeness (QED) is 0.370. The van der Waals surface area contributed by atoms with E-state index in [-0.39, 0.29) is 6.04 Å². The van der Waals surface area contributed by atoms with Crippen LogP contribution in [0.1, 0.15) is 62.1 Å². The number of pyridine rings is 1. The van der Waals surface area contributed by atoms with E-state index < -0.39 is 11.8 Å². The summed E-state index contributed by atoms with van der Waals surface area (Å²) in [5.74, 6) is -0.350. The molecule has 2 aliphatic heterocycles. The van der Waals surface area contributed by atoms with Gasteiger partial charge in [-0.1, -0.05) is 19.9 Å². The van der Waals surface area contributed by atoms with Gasteiger partial charge in [-0.2, -0.15) is 5.10 Å². The van der Waals surface area contributed by atoms with Gasteiger partial charge in [0.2, 0.25) is 0 Å². The molecule has 2 saturated heterocycles. The van der Waals surface area contributed by atoms with Crippen molar-refractivity contribution in [1.29, 1.82) is 0 Å². The zero-order valence-corrected chi connectivity index (χ0v) is 22.6. The molecule has 4 aromatic rings. The van der Waals surface area contributed by atoms with Gasteiger partial charge in [-0.25, -0.2) is 4.98 Å². The number of nitrogens with zero attached hydrogens (tertiary/aromatic N) is 5. The Morgan fingerprint density at radius 1 is 1.13 bits per heavy atom. The summed E-state index contributed by atoms with van der Waals surface area (Å²) in [7, 11) is 0. The normalized spacial score (nSPS) is 21.3. The Bertz CT molecular complexity index is 1470. The molecule has 0 spiro atoms. The number of carbonyl (C=O) groups is 2. The maximum Gasteiger partial charge on any atom is 0.314 e.